The molecule has 94 valence electrons. The van der Waals surface area contributed by atoms with Crippen molar-refractivity contribution in [3.8, 4) is 0 Å². The van der Waals surface area contributed by atoms with E-state index in [4.69, 9.17) is 4.42 Å². The van der Waals surface area contributed by atoms with Gasteiger partial charge < -0.3 is 9.73 Å². The molecule has 1 amide bonds. The second kappa shape index (κ2) is 4.69. The Balaban J connectivity index is 2.33. The maximum Gasteiger partial charge on any atom is 0.259 e. The van der Waals surface area contributed by atoms with Gasteiger partial charge >= 0.3 is 0 Å². The molecule has 1 N–H and O–H groups in total. The highest BCUT2D eigenvalue weighted by Gasteiger charge is 2.16. The molecule has 0 aliphatic heterocycles. The van der Waals surface area contributed by atoms with E-state index in [0.717, 1.165) is 22.4 Å². The topological polar surface area (TPSA) is 42.2 Å². The lowest BCUT2D eigenvalue weighted by Gasteiger charge is -2.11. The summed E-state index contributed by atoms with van der Waals surface area (Å²) in [7, 11) is 0. The van der Waals surface area contributed by atoms with Gasteiger partial charge in [-0.1, -0.05) is 18.2 Å². The third-order valence-electron chi connectivity index (χ3n) is 3.11. The van der Waals surface area contributed by atoms with Gasteiger partial charge in [0.1, 0.15) is 5.76 Å². The van der Waals surface area contributed by atoms with Crippen LogP contribution in [-0.4, -0.2) is 5.91 Å². The first-order chi connectivity index (χ1) is 8.50. The Kier molecular flexibility index (Phi) is 3.24. The molecule has 0 bridgehead atoms. The van der Waals surface area contributed by atoms with Crippen molar-refractivity contribution in [1.82, 2.24) is 0 Å². The molecule has 3 nitrogen and oxygen atoms in total. The number of nitrogens with one attached hydrogen (secondary N) is 1. The Labute approximate surface area is 107 Å². The van der Waals surface area contributed by atoms with Crippen molar-refractivity contribution < 1.29 is 9.21 Å². The van der Waals surface area contributed by atoms with Crippen LogP contribution >= 0.6 is 0 Å². The van der Waals surface area contributed by atoms with E-state index in [-0.39, 0.29) is 5.91 Å². The van der Waals surface area contributed by atoms with Crippen LogP contribution in [0.15, 0.2) is 28.9 Å². The van der Waals surface area contributed by atoms with Crippen LogP contribution in [-0.2, 0) is 0 Å². The lowest BCUT2D eigenvalue weighted by molar-refractivity contribution is 0.102. The van der Waals surface area contributed by atoms with Gasteiger partial charge in [-0.05, 0) is 38.8 Å². The highest BCUT2D eigenvalue weighted by Crippen LogP contribution is 2.22. The maximum absolute atomic E-state index is 12.3. The summed E-state index contributed by atoms with van der Waals surface area (Å²) < 4.78 is 5.25. The molecule has 1 aromatic carbocycles. The van der Waals surface area contributed by atoms with Gasteiger partial charge in [0.2, 0.25) is 0 Å². The predicted octanol–water partition coefficient (Wildman–Crippen LogP) is 3.77. The van der Waals surface area contributed by atoms with Crippen LogP contribution in [0.25, 0.3) is 0 Å². The number of aryl methyl sites for hydroxylation is 4. The van der Waals surface area contributed by atoms with E-state index in [2.05, 4.69) is 5.32 Å². The Morgan fingerprint density at radius 1 is 1.06 bits per heavy atom. The van der Waals surface area contributed by atoms with Crippen LogP contribution < -0.4 is 5.32 Å². The van der Waals surface area contributed by atoms with Crippen LogP contribution in [0.4, 0.5) is 5.69 Å². The molecule has 0 saturated heterocycles. The van der Waals surface area contributed by atoms with Crippen molar-refractivity contribution in [3.05, 3.63) is 52.5 Å². The first kappa shape index (κ1) is 12.4. The van der Waals surface area contributed by atoms with Gasteiger partial charge in [-0.3, -0.25) is 4.79 Å². The summed E-state index contributed by atoms with van der Waals surface area (Å²) in [5.74, 6) is 0.535. The van der Waals surface area contributed by atoms with E-state index < -0.39 is 0 Å². The summed E-state index contributed by atoms with van der Waals surface area (Å²) in [6, 6.07) is 5.95. The summed E-state index contributed by atoms with van der Waals surface area (Å²) in [6.07, 6.45) is 1.61. The first-order valence-corrected chi connectivity index (χ1v) is 5.93. The molecule has 2 aromatic rings. The molecule has 3 heteroatoms. The molecule has 1 aromatic heterocycles. The van der Waals surface area contributed by atoms with Crippen LogP contribution in [0.2, 0.25) is 0 Å². The van der Waals surface area contributed by atoms with Crippen LogP contribution in [0, 0.1) is 27.7 Å². The van der Waals surface area contributed by atoms with Crippen molar-refractivity contribution in [1.29, 1.82) is 0 Å². The van der Waals surface area contributed by atoms with Crippen molar-refractivity contribution in [2.75, 3.05) is 5.32 Å². The number of amides is 1. The third kappa shape index (κ3) is 2.16. The number of rotatable bonds is 2. The largest absolute Gasteiger partial charge is 0.469 e. The van der Waals surface area contributed by atoms with E-state index in [1.54, 1.807) is 13.2 Å². The predicted molar refractivity (Wildman–Crippen MR) is 72.1 cm³/mol. The SMILES string of the molecule is Cc1cccc(C)c1NC(=O)c1c(C)coc1C. The number of hydrogen-bond donors (Lipinski definition) is 1. The molecule has 0 radical (unpaired) electrons. The molecular weight excluding hydrogens is 226 g/mol. The highest BCUT2D eigenvalue weighted by atomic mass is 16.3. The molecule has 0 saturated carbocycles. The van der Waals surface area contributed by atoms with Crippen molar-refractivity contribution in [2.45, 2.75) is 27.7 Å². The van der Waals surface area contributed by atoms with Crippen LogP contribution in [0.5, 0.6) is 0 Å². The molecule has 0 aliphatic carbocycles. The lowest BCUT2D eigenvalue weighted by atomic mass is 10.1. The molecule has 0 atom stereocenters. The summed E-state index contributed by atoms with van der Waals surface area (Å²) in [5.41, 5.74) is 4.47. The van der Waals surface area contributed by atoms with Gasteiger partial charge in [-0.2, -0.15) is 0 Å². The quantitative estimate of drug-likeness (QED) is 0.872. The summed E-state index contributed by atoms with van der Waals surface area (Å²) in [4.78, 5) is 12.3. The summed E-state index contributed by atoms with van der Waals surface area (Å²) in [6.45, 7) is 7.64. The van der Waals surface area contributed by atoms with Gasteiger partial charge in [-0.15, -0.1) is 0 Å². The van der Waals surface area contributed by atoms with Crippen molar-refractivity contribution in [3.63, 3.8) is 0 Å². The Morgan fingerprint density at radius 2 is 1.67 bits per heavy atom. The minimum Gasteiger partial charge on any atom is -0.469 e. The van der Waals surface area contributed by atoms with Gasteiger partial charge in [0.15, 0.2) is 0 Å². The zero-order chi connectivity index (χ0) is 13.3. The Hall–Kier alpha value is -2.03. The minimum atomic E-state index is -0.115. The standard InChI is InChI=1S/C15H17NO2/c1-9-6-5-7-10(2)14(9)16-15(17)13-11(3)8-18-12(13)4/h5-8H,1-4H3,(H,16,17). The van der Waals surface area contributed by atoms with Crippen molar-refractivity contribution in [2.24, 2.45) is 0 Å². The van der Waals surface area contributed by atoms with Gasteiger partial charge in [0.05, 0.1) is 11.8 Å². The Bertz CT molecular complexity index is 557. The fraction of sp³-hybridized carbons (Fsp3) is 0.267. The average Bonchev–Trinajstić information content (AvgIpc) is 2.64. The van der Waals surface area contributed by atoms with Crippen LogP contribution in [0.3, 0.4) is 0 Å². The molecule has 18 heavy (non-hydrogen) atoms. The number of carbonyl (C=O) groups excluding carboxylic acids is 1. The van der Waals surface area contributed by atoms with Gasteiger partial charge in [-0.25, -0.2) is 0 Å². The fourth-order valence-electron chi connectivity index (χ4n) is 2.10. The van der Waals surface area contributed by atoms with Crippen molar-refractivity contribution >= 4 is 11.6 Å². The smallest absolute Gasteiger partial charge is 0.259 e. The first-order valence-electron chi connectivity index (χ1n) is 5.93. The van der Waals surface area contributed by atoms with Gasteiger partial charge in [0, 0.05) is 11.3 Å². The number of benzene rings is 1. The zero-order valence-corrected chi connectivity index (χ0v) is 11.1. The maximum atomic E-state index is 12.3. The third-order valence-corrected chi connectivity index (χ3v) is 3.11. The number of anilines is 1. The average molecular weight is 243 g/mol. The van der Waals surface area contributed by atoms with E-state index in [9.17, 15) is 4.79 Å². The molecular formula is C15H17NO2. The molecule has 2 rings (SSSR count). The lowest BCUT2D eigenvalue weighted by Crippen LogP contribution is -2.15. The minimum absolute atomic E-state index is 0.115. The molecule has 1 heterocycles. The molecule has 0 fully saturated rings. The molecule has 0 spiro atoms. The summed E-state index contributed by atoms with van der Waals surface area (Å²) in [5, 5.41) is 2.96. The number of furan rings is 1. The monoisotopic (exact) mass is 243 g/mol. The number of para-hydroxylation sites is 1. The fourth-order valence-corrected chi connectivity index (χ4v) is 2.10. The summed E-state index contributed by atoms with van der Waals surface area (Å²) >= 11 is 0. The van der Waals surface area contributed by atoms with E-state index in [1.165, 1.54) is 0 Å². The van der Waals surface area contributed by atoms with E-state index in [1.807, 2.05) is 39.0 Å². The van der Waals surface area contributed by atoms with Gasteiger partial charge in [0.25, 0.3) is 5.91 Å². The van der Waals surface area contributed by atoms with E-state index >= 15 is 0 Å². The number of hydrogen-bond acceptors (Lipinski definition) is 2. The van der Waals surface area contributed by atoms with Crippen LogP contribution in [0.1, 0.15) is 32.8 Å². The second-order valence-electron chi connectivity index (χ2n) is 4.57. The number of carbonyl (C=O) groups is 1. The van der Waals surface area contributed by atoms with E-state index in [0.29, 0.717) is 11.3 Å². The molecule has 0 unspecified atom stereocenters. The molecule has 0 aliphatic rings. The Morgan fingerprint density at radius 3 is 2.17 bits per heavy atom. The second-order valence-corrected chi connectivity index (χ2v) is 4.57. The zero-order valence-electron chi connectivity index (χ0n) is 11.1. The normalized spacial score (nSPS) is 10.4. The highest BCUT2D eigenvalue weighted by molar-refractivity contribution is 6.06.